The van der Waals surface area contributed by atoms with Crippen LogP contribution < -0.4 is 0 Å². The molecule has 32 heavy (non-hydrogen) atoms. The van der Waals surface area contributed by atoms with Gasteiger partial charge in [0, 0.05) is 29.7 Å². The van der Waals surface area contributed by atoms with E-state index in [0.29, 0.717) is 34.3 Å². The molecule has 0 aromatic heterocycles. The van der Waals surface area contributed by atoms with Gasteiger partial charge in [-0.2, -0.15) is 0 Å². The van der Waals surface area contributed by atoms with Gasteiger partial charge in [0.15, 0.2) is 11.6 Å². The van der Waals surface area contributed by atoms with Gasteiger partial charge in [0.1, 0.15) is 5.75 Å². The molecule has 1 saturated heterocycles. The fraction of sp³-hybridized carbons (Fsp3) is 0.385. The number of phenolic OH excluding ortho intramolecular Hbond substituents is 1. The fourth-order valence-corrected chi connectivity index (χ4v) is 6.07. The van der Waals surface area contributed by atoms with Gasteiger partial charge in [-0.15, -0.1) is 0 Å². The number of carbonyl (C=O) groups excluding carboxylic acids is 4. The van der Waals surface area contributed by atoms with Gasteiger partial charge in [-0.25, -0.2) is 0 Å². The van der Waals surface area contributed by atoms with Crippen molar-refractivity contribution in [2.45, 2.75) is 39.5 Å². The van der Waals surface area contributed by atoms with E-state index in [-0.39, 0.29) is 41.5 Å². The van der Waals surface area contributed by atoms with Crippen LogP contribution in [0.4, 0.5) is 0 Å². The third-order valence-corrected chi connectivity index (χ3v) is 7.63. The first kappa shape index (κ1) is 20.6. The predicted octanol–water partition coefficient (Wildman–Crippen LogP) is 3.07. The Kier molecular flexibility index (Phi) is 4.42. The van der Waals surface area contributed by atoms with E-state index in [0.717, 1.165) is 11.1 Å². The summed E-state index contributed by atoms with van der Waals surface area (Å²) < 4.78 is 0. The van der Waals surface area contributed by atoms with Crippen molar-refractivity contribution in [1.29, 1.82) is 0 Å². The number of fused-ring (bicyclic) bond motifs is 3. The zero-order valence-electron chi connectivity index (χ0n) is 18.6. The van der Waals surface area contributed by atoms with Crippen LogP contribution >= 0.6 is 0 Å². The van der Waals surface area contributed by atoms with E-state index in [1.54, 1.807) is 20.8 Å². The zero-order chi connectivity index (χ0) is 23.1. The van der Waals surface area contributed by atoms with Crippen molar-refractivity contribution in [3.63, 3.8) is 0 Å². The van der Waals surface area contributed by atoms with Gasteiger partial charge in [0.05, 0.1) is 11.8 Å². The Hall–Kier alpha value is -3.28. The van der Waals surface area contributed by atoms with Crippen molar-refractivity contribution in [1.82, 2.24) is 4.90 Å². The molecule has 2 amide bonds. The molecule has 1 heterocycles. The van der Waals surface area contributed by atoms with Crippen molar-refractivity contribution in [2.75, 3.05) is 7.05 Å². The van der Waals surface area contributed by atoms with Crippen LogP contribution in [0.2, 0.25) is 0 Å². The van der Waals surface area contributed by atoms with E-state index < -0.39 is 17.8 Å². The topological polar surface area (TPSA) is 91.8 Å². The quantitative estimate of drug-likeness (QED) is 0.419. The maximum atomic E-state index is 13.2. The molecule has 5 rings (SSSR count). The number of hydrogen-bond acceptors (Lipinski definition) is 5. The highest BCUT2D eigenvalue weighted by atomic mass is 16.3. The molecule has 4 aliphatic rings. The third-order valence-electron chi connectivity index (χ3n) is 7.63. The number of amides is 2. The highest BCUT2D eigenvalue weighted by Crippen LogP contribution is 2.55. The number of rotatable bonds is 1. The maximum absolute atomic E-state index is 13.2. The molecule has 164 valence electrons. The molecule has 0 bridgehead atoms. The number of aromatic hydroxyl groups is 1. The Morgan fingerprint density at radius 2 is 1.62 bits per heavy atom. The average Bonchev–Trinajstić information content (AvgIpc) is 2.98. The molecule has 6 nitrogen and oxygen atoms in total. The van der Waals surface area contributed by atoms with Crippen LogP contribution in [0.25, 0.3) is 0 Å². The molecule has 1 aromatic carbocycles. The lowest BCUT2D eigenvalue weighted by Gasteiger charge is -2.42. The monoisotopic (exact) mass is 431 g/mol. The molecule has 1 N–H and O–H groups in total. The molecule has 0 saturated carbocycles. The first-order valence-electron chi connectivity index (χ1n) is 10.9. The lowest BCUT2D eigenvalue weighted by atomic mass is 9.59. The zero-order valence-corrected chi connectivity index (χ0v) is 18.6. The fourth-order valence-electron chi connectivity index (χ4n) is 6.07. The summed E-state index contributed by atoms with van der Waals surface area (Å²) in [7, 11) is 1.52. The number of likely N-dealkylation sites (tertiary alicyclic amines) is 1. The molecule has 4 atom stereocenters. The lowest BCUT2D eigenvalue weighted by Crippen LogP contribution is -2.39. The molecule has 1 aromatic rings. The van der Waals surface area contributed by atoms with Crippen LogP contribution in [0.15, 0.2) is 46.6 Å². The highest BCUT2D eigenvalue weighted by molar-refractivity contribution is 6.23. The normalized spacial score (nSPS) is 29.6. The van der Waals surface area contributed by atoms with Crippen molar-refractivity contribution in [3.8, 4) is 5.75 Å². The first-order valence-corrected chi connectivity index (χ1v) is 10.9. The van der Waals surface area contributed by atoms with Crippen LogP contribution in [0.5, 0.6) is 5.75 Å². The van der Waals surface area contributed by atoms with E-state index >= 15 is 0 Å². The summed E-state index contributed by atoms with van der Waals surface area (Å²) in [6.45, 7) is 5.25. The molecular weight excluding hydrogens is 406 g/mol. The number of carbonyl (C=O) groups is 4. The van der Waals surface area contributed by atoms with Crippen LogP contribution in [-0.4, -0.2) is 40.4 Å². The van der Waals surface area contributed by atoms with Gasteiger partial charge < -0.3 is 5.11 Å². The summed E-state index contributed by atoms with van der Waals surface area (Å²) in [6, 6.07) is 3.70. The smallest absolute Gasteiger partial charge is 0.233 e. The lowest BCUT2D eigenvalue weighted by molar-refractivity contribution is -0.138. The summed E-state index contributed by atoms with van der Waals surface area (Å²) in [5.74, 6) is -2.25. The number of benzene rings is 1. The molecule has 6 heteroatoms. The minimum absolute atomic E-state index is 0.164. The van der Waals surface area contributed by atoms with Crippen LogP contribution in [0.1, 0.15) is 42.4 Å². The number of phenols is 1. The predicted molar refractivity (Wildman–Crippen MR) is 117 cm³/mol. The van der Waals surface area contributed by atoms with Gasteiger partial charge in [-0.3, -0.25) is 24.1 Å². The van der Waals surface area contributed by atoms with Crippen LogP contribution in [-0.2, 0) is 19.2 Å². The van der Waals surface area contributed by atoms with Gasteiger partial charge in [-0.1, -0.05) is 23.8 Å². The molecule has 1 aliphatic heterocycles. The third kappa shape index (κ3) is 2.65. The summed E-state index contributed by atoms with van der Waals surface area (Å²) in [4.78, 5) is 53.2. The number of ketones is 2. The molecule has 3 aliphatic carbocycles. The van der Waals surface area contributed by atoms with Crippen molar-refractivity contribution in [2.24, 2.45) is 17.8 Å². The Morgan fingerprint density at radius 3 is 2.28 bits per heavy atom. The summed E-state index contributed by atoms with van der Waals surface area (Å²) in [5, 5.41) is 10.3. The second kappa shape index (κ2) is 6.86. The first-order chi connectivity index (χ1) is 15.1. The number of imide groups is 1. The summed E-state index contributed by atoms with van der Waals surface area (Å²) in [6.07, 6.45) is 4.14. The average molecular weight is 431 g/mol. The SMILES string of the molecule is CC1=CC(=O)C2=C(C[C@@H]3C(=CC[C@@H]4C(=O)N(C)C(=O)[C@@H]43)[C@@H]2c2cc(C)c(O)c(C)c2)C1=O. The van der Waals surface area contributed by atoms with E-state index in [4.69, 9.17) is 0 Å². The largest absolute Gasteiger partial charge is 0.507 e. The molecule has 1 fully saturated rings. The van der Waals surface area contributed by atoms with Crippen LogP contribution in [0, 0.1) is 31.6 Å². The Morgan fingerprint density at radius 1 is 0.969 bits per heavy atom. The van der Waals surface area contributed by atoms with Crippen molar-refractivity contribution in [3.05, 3.63) is 63.3 Å². The molecule has 0 unspecified atom stereocenters. The summed E-state index contributed by atoms with van der Waals surface area (Å²) >= 11 is 0. The van der Waals surface area contributed by atoms with Crippen LogP contribution in [0.3, 0.4) is 0 Å². The maximum Gasteiger partial charge on any atom is 0.233 e. The number of hydrogen-bond donors (Lipinski definition) is 1. The van der Waals surface area contributed by atoms with Gasteiger partial charge in [-0.05, 0) is 62.3 Å². The Bertz CT molecular complexity index is 1210. The van der Waals surface area contributed by atoms with E-state index in [1.165, 1.54) is 18.0 Å². The minimum atomic E-state index is -0.516. The highest BCUT2D eigenvalue weighted by Gasteiger charge is 2.55. The van der Waals surface area contributed by atoms with Gasteiger partial charge >= 0.3 is 0 Å². The number of Topliss-reactive ketones (excluding diaryl/α,β-unsaturated/α-hetero) is 1. The van der Waals surface area contributed by atoms with Crippen molar-refractivity contribution >= 4 is 23.4 Å². The Balaban J connectivity index is 1.74. The standard InChI is InChI=1S/C26H25NO5/c1-11-7-14(8-12(2)23(11)29)20-15-5-6-16-21(26(32)27(4)25(16)31)17(15)10-18-22(20)19(28)9-13(3)24(18)30/h5,7-9,16-17,20-21,29H,6,10H2,1-4H3/t16-,17+,20-,21-/m0/s1. The van der Waals surface area contributed by atoms with Gasteiger partial charge in [0.25, 0.3) is 0 Å². The van der Waals surface area contributed by atoms with Gasteiger partial charge in [0.2, 0.25) is 11.8 Å². The second-order valence-corrected chi connectivity index (χ2v) is 9.47. The second-order valence-electron chi connectivity index (χ2n) is 9.47. The molecule has 0 radical (unpaired) electrons. The minimum Gasteiger partial charge on any atom is -0.507 e. The number of nitrogens with zero attached hydrogens (tertiary/aromatic N) is 1. The Labute approximate surface area is 186 Å². The number of aryl methyl sites for hydroxylation is 2. The molecular formula is C26H25NO5. The van der Waals surface area contributed by atoms with Crippen molar-refractivity contribution < 1.29 is 24.3 Å². The van der Waals surface area contributed by atoms with E-state index in [9.17, 15) is 24.3 Å². The van der Waals surface area contributed by atoms with E-state index in [2.05, 4.69) is 0 Å². The summed E-state index contributed by atoms with van der Waals surface area (Å²) in [5.41, 5.74) is 4.45. The van der Waals surface area contributed by atoms with E-state index in [1.807, 2.05) is 18.2 Å². The molecule has 0 spiro atoms. The number of allylic oxidation sites excluding steroid dienone is 6.